The SMILES string of the molecule is CC(C)(CCCl)CNCc1ccc(Cl)c(Cl)c1. The summed E-state index contributed by atoms with van der Waals surface area (Å²) < 4.78 is 0. The summed E-state index contributed by atoms with van der Waals surface area (Å²) in [6.45, 7) is 6.14. The molecule has 0 fully saturated rings. The molecule has 0 unspecified atom stereocenters. The molecule has 1 aromatic carbocycles. The van der Waals surface area contributed by atoms with Gasteiger partial charge in [0.05, 0.1) is 10.0 Å². The first kappa shape index (κ1) is 15.1. The Morgan fingerprint density at radius 3 is 2.47 bits per heavy atom. The second-order valence-corrected chi connectivity index (χ2v) is 6.15. The predicted molar refractivity (Wildman–Crippen MR) is 77.3 cm³/mol. The highest BCUT2D eigenvalue weighted by atomic mass is 35.5. The van der Waals surface area contributed by atoms with Gasteiger partial charge in [-0.1, -0.05) is 43.1 Å². The minimum absolute atomic E-state index is 0.220. The zero-order valence-electron chi connectivity index (χ0n) is 10.2. The van der Waals surface area contributed by atoms with Crippen LogP contribution in [0, 0.1) is 5.41 Å². The van der Waals surface area contributed by atoms with Gasteiger partial charge in [0.1, 0.15) is 0 Å². The van der Waals surface area contributed by atoms with Gasteiger partial charge in [0.25, 0.3) is 0 Å². The van der Waals surface area contributed by atoms with E-state index in [-0.39, 0.29) is 5.41 Å². The lowest BCUT2D eigenvalue weighted by atomic mass is 9.90. The van der Waals surface area contributed by atoms with Gasteiger partial charge >= 0.3 is 0 Å². The lowest BCUT2D eigenvalue weighted by Gasteiger charge is -2.24. The van der Waals surface area contributed by atoms with Gasteiger partial charge in [0.2, 0.25) is 0 Å². The highest BCUT2D eigenvalue weighted by Gasteiger charge is 2.16. The Hall–Kier alpha value is 0.0500. The number of hydrogen-bond donors (Lipinski definition) is 1. The monoisotopic (exact) mass is 293 g/mol. The van der Waals surface area contributed by atoms with Crippen molar-refractivity contribution < 1.29 is 0 Å². The number of nitrogens with one attached hydrogen (secondary N) is 1. The van der Waals surface area contributed by atoms with E-state index in [1.807, 2.05) is 18.2 Å². The molecule has 96 valence electrons. The van der Waals surface area contributed by atoms with Crippen molar-refractivity contribution in [2.75, 3.05) is 12.4 Å². The van der Waals surface area contributed by atoms with Gasteiger partial charge in [0.15, 0.2) is 0 Å². The van der Waals surface area contributed by atoms with Gasteiger partial charge in [0, 0.05) is 19.0 Å². The topological polar surface area (TPSA) is 12.0 Å². The molecule has 1 rings (SSSR count). The predicted octanol–water partition coefficient (Wildman–Crippen LogP) is 4.74. The maximum Gasteiger partial charge on any atom is 0.0595 e. The third kappa shape index (κ3) is 5.48. The van der Waals surface area contributed by atoms with Crippen LogP contribution in [0.15, 0.2) is 18.2 Å². The third-order valence-electron chi connectivity index (χ3n) is 2.69. The molecule has 1 aromatic rings. The fourth-order valence-corrected chi connectivity index (χ4v) is 2.37. The average molecular weight is 295 g/mol. The number of benzene rings is 1. The molecule has 1 N–H and O–H groups in total. The molecule has 1 nitrogen and oxygen atoms in total. The summed E-state index contributed by atoms with van der Waals surface area (Å²) in [5.74, 6) is 0.696. The number of alkyl halides is 1. The molecule has 0 aliphatic heterocycles. The number of hydrogen-bond acceptors (Lipinski definition) is 1. The van der Waals surface area contributed by atoms with Gasteiger partial charge < -0.3 is 5.32 Å². The summed E-state index contributed by atoms with van der Waals surface area (Å²) in [6, 6.07) is 5.70. The first-order valence-electron chi connectivity index (χ1n) is 5.65. The van der Waals surface area contributed by atoms with Gasteiger partial charge in [-0.05, 0) is 29.5 Å². The Balaban J connectivity index is 2.43. The maximum atomic E-state index is 5.96. The summed E-state index contributed by atoms with van der Waals surface area (Å²) in [4.78, 5) is 0. The summed E-state index contributed by atoms with van der Waals surface area (Å²) in [5, 5.41) is 4.61. The van der Waals surface area contributed by atoms with Crippen LogP contribution < -0.4 is 5.32 Å². The Morgan fingerprint density at radius 2 is 1.88 bits per heavy atom. The van der Waals surface area contributed by atoms with Gasteiger partial charge in [-0.3, -0.25) is 0 Å². The minimum atomic E-state index is 0.220. The van der Waals surface area contributed by atoms with E-state index in [9.17, 15) is 0 Å². The molecular formula is C13H18Cl3N. The van der Waals surface area contributed by atoms with E-state index < -0.39 is 0 Å². The fourth-order valence-electron chi connectivity index (χ4n) is 1.54. The molecule has 0 amide bonds. The Morgan fingerprint density at radius 1 is 1.18 bits per heavy atom. The Labute approximate surface area is 118 Å². The van der Waals surface area contributed by atoms with Crippen LogP contribution in [0.3, 0.4) is 0 Å². The summed E-state index contributed by atoms with van der Waals surface area (Å²) in [7, 11) is 0. The van der Waals surface area contributed by atoms with Crippen molar-refractivity contribution in [1.82, 2.24) is 5.32 Å². The van der Waals surface area contributed by atoms with Crippen molar-refractivity contribution in [3.05, 3.63) is 33.8 Å². The lowest BCUT2D eigenvalue weighted by Crippen LogP contribution is -2.29. The summed E-state index contributed by atoms with van der Waals surface area (Å²) in [6.07, 6.45) is 1.00. The van der Waals surface area contributed by atoms with Crippen LogP contribution in [-0.4, -0.2) is 12.4 Å². The molecule has 0 spiro atoms. The van der Waals surface area contributed by atoms with Crippen LogP contribution in [0.4, 0.5) is 0 Å². The molecule has 0 radical (unpaired) electrons. The van der Waals surface area contributed by atoms with E-state index in [1.165, 1.54) is 0 Å². The van der Waals surface area contributed by atoms with Crippen LogP contribution in [0.1, 0.15) is 25.8 Å². The standard InChI is InChI=1S/C13H18Cl3N/c1-13(2,5-6-14)9-17-8-10-3-4-11(15)12(16)7-10/h3-4,7,17H,5-6,8-9H2,1-2H3. The second-order valence-electron chi connectivity index (χ2n) is 4.96. The van der Waals surface area contributed by atoms with Crippen molar-refractivity contribution in [3.8, 4) is 0 Å². The molecule has 0 saturated carbocycles. The van der Waals surface area contributed by atoms with E-state index in [0.717, 1.165) is 25.1 Å². The first-order chi connectivity index (χ1) is 7.94. The molecule has 0 aromatic heterocycles. The zero-order chi connectivity index (χ0) is 12.9. The third-order valence-corrected chi connectivity index (χ3v) is 3.62. The van der Waals surface area contributed by atoms with Crippen LogP contribution in [0.2, 0.25) is 10.0 Å². The average Bonchev–Trinajstić information content (AvgIpc) is 2.23. The Kier molecular flexibility index (Phi) is 6.08. The molecule has 0 aliphatic carbocycles. The fraction of sp³-hybridized carbons (Fsp3) is 0.538. The quantitative estimate of drug-likeness (QED) is 0.747. The molecule has 0 heterocycles. The van der Waals surface area contributed by atoms with Crippen molar-refractivity contribution in [2.45, 2.75) is 26.8 Å². The van der Waals surface area contributed by atoms with Gasteiger partial charge in [-0.25, -0.2) is 0 Å². The zero-order valence-corrected chi connectivity index (χ0v) is 12.5. The van der Waals surface area contributed by atoms with Gasteiger partial charge in [-0.2, -0.15) is 0 Å². The lowest BCUT2D eigenvalue weighted by molar-refractivity contribution is 0.329. The second kappa shape index (κ2) is 6.84. The molecule has 4 heteroatoms. The minimum Gasteiger partial charge on any atom is -0.312 e. The first-order valence-corrected chi connectivity index (χ1v) is 6.94. The van der Waals surface area contributed by atoms with Crippen LogP contribution in [0.25, 0.3) is 0 Å². The highest BCUT2D eigenvalue weighted by Crippen LogP contribution is 2.23. The van der Waals surface area contributed by atoms with Crippen LogP contribution in [0.5, 0.6) is 0 Å². The summed E-state index contributed by atoms with van der Waals surface area (Å²) >= 11 is 17.6. The van der Waals surface area contributed by atoms with Crippen molar-refractivity contribution in [2.24, 2.45) is 5.41 Å². The van der Waals surface area contributed by atoms with Crippen LogP contribution in [-0.2, 0) is 6.54 Å². The van der Waals surface area contributed by atoms with Crippen molar-refractivity contribution >= 4 is 34.8 Å². The number of rotatable bonds is 6. The van der Waals surface area contributed by atoms with Crippen LogP contribution >= 0.6 is 34.8 Å². The molecular weight excluding hydrogens is 277 g/mol. The smallest absolute Gasteiger partial charge is 0.0595 e. The van der Waals surface area contributed by atoms with Crippen molar-refractivity contribution in [3.63, 3.8) is 0 Å². The van der Waals surface area contributed by atoms with Gasteiger partial charge in [-0.15, -0.1) is 11.6 Å². The molecule has 0 saturated heterocycles. The summed E-state index contributed by atoms with van der Waals surface area (Å²) in [5.41, 5.74) is 1.36. The highest BCUT2D eigenvalue weighted by molar-refractivity contribution is 6.42. The van der Waals surface area contributed by atoms with E-state index in [2.05, 4.69) is 19.2 Å². The van der Waals surface area contributed by atoms with E-state index >= 15 is 0 Å². The molecule has 17 heavy (non-hydrogen) atoms. The normalized spacial score (nSPS) is 11.8. The maximum absolute atomic E-state index is 5.96. The van der Waals surface area contributed by atoms with E-state index in [1.54, 1.807) is 0 Å². The largest absolute Gasteiger partial charge is 0.312 e. The molecule has 0 bridgehead atoms. The Bertz CT molecular complexity index is 364. The molecule has 0 aliphatic rings. The van der Waals surface area contributed by atoms with E-state index in [4.69, 9.17) is 34.8 Å². The van der Waals surface area contributed by atoms with E-state index in [0.29, 0.717) is 15.9 Å². The van der Waals surface area contributed by atoms with Crippen molar-refractivity contribution in [1.29, 1.82) is 0 Å². The number of halogens is 3. The molecule has 0 atom stereocenters.